The summed E-state index contributed by atoms with van der Waals surface area (Å²) in [5.74, 6) is -0.829. The molecule has 146 valence electrons. The minimum absolute atomic E-state index is 0.0136. The highest BCUT2D eigenvalue weighted by Gasteiger charge is 2.20. The predicted octanol–water partition coefficient (Wildman–Crippen LogP) is 2.72. The number of benzene rings is 1. The first-order valence-electron chi connectivity index (χ1n) is 8.92. The van der Waals surface area contributed by atoms with E-state index in [1.165, 1.54) is 0 Å². The molecule has 0 saturated carbocycles. The number of carboxylic acid groups (broad SMARTS) is 1. The van der Waals surface area contributed by atoms with Crippen LogP contribution in [0.5, 0.6) is 5.75 Å². The van der Waals surface area contributed by atoms with E-state index in [4.69, 9.17) is 14.3 Å². The molecule has 0 spiro atoms. The van der Waals surface area contributed by atoms with Crippen LogP contribution in [0.3, 0.4) is 0 Å². The number of rotatable bonds is 8. The van der Waals surface area contributed by atoms with E-state index in [1.54, 1.807) is 7.11 Å². The standard InChI is InChI=1S/C20H25NO6/c1-5-6-15(19(23)24)21-17(22)10-8-14-11(2)13-7-9-16(26-4)12(3)18(13)27-20(14)25/h7,9,15H,5-6,8,10H2,1-4H3,(H,21,22)(H,23,24)/t15-/m1/s1. The lowest BCUT2D eigenvalue weighted by atomic mass is 10.00. The summed E-state index contributed by atoms with van der Waals surface area (Å²) in [6, 6.07) is 2.72. The highest BCUT2D eigenvalue weighted by molar-refractivity contribution is 5.86. The second-order valence-electron chi connectivity index (χ2n) is 6.51. The van der Waals surface area contributed by atoms with Crippen molar-refractivity contribution in [2.75, 3.05) is 7.11 Å². The number of hydrogen-bond donors (Lipinski definition) is 2. The molecule has 0 radical (unpaired) electrons. The second-order valence-corrected chi connectivity index (χ2v) is 6.51. The van der Waals surface area contributed by atoms with Crippen LogP contribution in [0, 0.1) is 13.8 Å². The molecule has 1 amide bonds. The molecule has 0 aliphatic rings. The van der Waals surface area contributed by atoms with Gasteiger partial charge in [0.15, 0.2) is 0 Å². The molecule has 1 aromatic carbocycles. The van der Waals surface area contributed by atoms with Gasteiger partial charge in [-0.15, -0.1) is 0 Å². The van der Waals surface area contributed by atoms with Gasteiger partial charge in [0.05, 0.1) is 7.11 Å². The van der Waals surface area contributed by atoms with Crippen molar-refractivity contribution >= 4 is 22.8 Å². The Labute approximate surface area is 157 Å². The molecule has 2 rings (SSSR count). The summed E-state index contributed by atoms with van der Waals surface area (Å²) in [5, 5.41) is 12.4. The number of methoxy groups -OCH3 is 1. The van der Waals surface area contributed by atoms with Gasteiger partial charge in [0.25, 0.3) is 0 Å². The fourth-order valence-corrected chi connectivity index (χ4v) is 3.13. The van der Waals surface area contributed by atoms with E-state index < -0.39 is 23.5 Å². The average Bonchev–Trinajstić information content (AvgIpc) is 2.62. The van der Waals surface area contributed by atoms with Gasteiger partial charge in [0.1, 0.15) is 17.4 Å². The number of carbonyl (C=O) groups excluding carboxylic acids is 1. The van der Waals surface area contributed by atoms with Crippen molar-refractivity contribution in [3.63, 3.8) is 0 Å². The molecule has 0 saturated heterocycles. The summed E-state index contributed by atoms with van der Waals surface area (Å²) in [7, 11) is 1.55. The van der Waals surface area contributed by atoms with E-state index in [0.29, 0.717) is 29.7 Å². The minimum atomic E-state index is -1.06. The highest BCUT2D eigenvalue weighted by Crippen LogP contribution is 2.29. The van der Waals surface area contributed by atoms with Crippen molar-refractivity contribution < 1.29 is 23.8 Å². The predicted molar refractivity (Wildman–Crippen MR) is 101 cm³/mol. The van der Waals surface area contributed by atoms with Crippen molar-refractivity contribution in [1.82, 2.24) is 5.32 Å². The molecule has 1 heterocycles. The third kappa shape index (κ3) is 4.48. The lowest BCUT2D eigenvalue weighted by Crippen LogP contribution is -2.40. The normalized spacial score (nSPS) is 12.0. The van der Waals surface area contributed by atoms with Gasteiger partial charge in [-0.25, -0.2) is 9.59 Å². The zero-order chi connectivity index (χ0) is 20.1. The highest BCUT2D eigenvalue weighted by atomic mass is 16.5. The van der Waals surface area contributed by atoms with Crippen LogP contribution < -0.4 is 15.7 Å². The number of fused-ring (bicyclic) bond motifs is 1. The molecule has 27 heavy (non-hydrogen) atoms. The number of ether oxygens (including phenoxy) is 1. The Morgan fingerprint density at radius 3 is 2.56 bits per heavy atom. The Morgan fingerprint density at radius 2 is 1.96 bits per heavy atom. The van der Waals surface area contributed by atoms with Gasteiger partial charge in [-0.05, 0) is 44.4 Å². The molecule has 0 aliphatic heterocycles. The Morgan fingerprint density at radius 1 is 1.26 bits per heavy atom. The molecule has 7 nitrogen and oxygen atoms in total. The number of nitrogens with one attached hydrogen (secondary N) is 1. The van der Waals surface area contributed by atoms with Crippen LogP contribution in [0.15, 0.2) is 21.3 Å². The number of carbonyl (C=O) groups is 2. The van der Waals surface area contributed by atoms with Crippen molar-refractivity contribution in [1.29, 1.82) is 0 Å². The molecule has 0 bridgehead atoms. The van der Waals surface area contributed by atoms with Crippen molar-refractivity contribution in [3.05, 3.63) is 39.2 Å². The maximum absolute atomic E-state index is 12.4. The largest absolute Gasteiger partial charge is 0.496 e. The number of hydrogen-bond acceptors (Lipinski definition) is 5. The molecule has 1 atom stereocenters. The summed E-state index contributed by atoms with van der Waals surface area (Å²) in [6.07, 6.45) is 1.20. The third-order valence-electron chi connectivity index (χ3n) is 4.69. The van der Waals surface area contributed by atoms with E-state index >= 15 is 0 Å². The van der Waals surface area contributed by atoms with Gasteiger partial charge in [-0.3, -0.25) is 4.79 Å². The number of aliphatic carboxylic acids is 1. The SMILES string of the molecule is CCC[C@@H](NC(=O)CCc1c(C)c2ccc(OC)c(C)c2oc1=O)C(=O)O. The Balaban J connectivity index is 2.23. The maximum Gasteiger partial charge on any atom is 0.339 e. The fraction of sp³-hybridized carbons (Fsp3) is 0.450. The maximum atomic E-state index is 12.4. The van der Waals surface area contributed by atoms with Crippen LogP contribution in [0.1, 0.15) is 42.9 Å². The van der Waals surface area contributed by atoms with Gasteiger partial charge in [0, 0.05) is 22.9 Å². The first-order chi connectivity index (χ1) is 12.8. The molecule has 1 aromatic heterocycles. The van der Waals surface area contributed by atoms with Crippen LogP contribution in [-0.4, -0.2) is 30.1 Å². The number of aryl methyl sites for hydroxylation is 2. The van der Waals surface area contributed by atoms with Crippen LogP contribution in [0.4, 0.5) is 0 Å². The Bertz CT molecular complexity index is 915. The molecule has 2 aromatic rings. The molecule has 0 fully saturated rings. The van der Waals surface area contributed by atoms with Gasteiger partial charge in [-0.1, -0.05) is 13.3 Å². The molecule has 7 heteroatoms. The summed E-state index contributed by atoms with van der Waals surface area (Å²) >= 11 is 0. The zero-order valence-electron chi connectivity index (χ0n) is 16.0. The summed E-state index contributed by atoms with van der Waals surface area (Å²) in [4.78, 5) is 35.7. The van der Waals surface area contributed by atoms with Gasteiger partial charge in [-0.2, -0.15) is 0 Å². The quantitative estimate of drug-likeness (QED) is 0.687. The molecular formula is C20H25NO6. The van der Waals surface area contributed by atoms with Crippen LogP contribution in [0.25, 0.3) is 11.0 Å². The fourth-order valence-electron chi connectivity index (χ4n) is 3.13. The lowest BCUT2D eigenvalue weighted by Gasteiger charge is -2.14. The average molecular weight is 375 g/mol. The molecule has 0 unspecified atom stereocenters. The van der Waals surface area contributed by atoms with Crippen LogP contribution >= 0.6 is 0 Å². The Kier molecular flexibility index (Phi) is 6.60. The molecular weight excluding hydrogens is 350 g/mol. The van der Waals surface area contributed by atoms with Crippen LogP contribution in [0.2, 0.25) is 0 Å². The third-order valence-corrected chi connectivity index (χ3v) is 4.69. The summed E-state index contributed by atoms with van der Waals surface area (Å²) < 4.78 is 10.7. The minimum Gasteiger partial charge on any atom is -0.496 e. The molecule has 0 aliphatic carbocycles. The van der Waals surface area contributed by atoms with Crippen LogP contribution in [-0.2, 0) is 16.0 Å². The van der Waals surface area contributed by atoms with Gasteiger partial charge >= 0.3 is 11.6 Å². The van der Waals surface area contributed by atoms with E-state index in [2.05, 4.69) is 5.32 Å². The van der Waals surface area contributed by atoms with Crippen molar-refractivity contribution in [2.24, 2.45) is 0 Å². The van der Waals surface area contributed by atoms with E-state index in [1.807, 2.05) is 32.9 Å². The zero-order valence-corrected chi connectivity index (χ0v) is 16.0. The monoisotopic (exact) mass is 375 g/mol. The van der Waals surface area contributed by atoms with E-state index in [0.717, 1.165) is 16.5 Å². The lowest BCUT2D eigenvalue weighted by molar-refractivity contribution is -0.142. The van der Waals surface area contributed by atoms with Gasteiger partial charge in [0.2, 0.25) is 5.91 Å². The first-order valence-corrected chi connectivity index (χ1v) is 8.92. The first kappa shape index (κ1) is 20.5. The summed E-state index contributed by atoms with van der Waals surface area (Å²) in [6.45, 7) is 5.48. The molecule has 2 N–H and O–H groups in total. The van der Waals surface area contributed by atoms with Gasteiger partial charge < -0.3 is 19.6 Å². The number of carboxylic acids is 1. The van der Waals surface area contributed by atoms with E-state index in [9.17, 15) is 14.4 Å². The van der Waals surface area contributed by atoms with Crippen molar-refractivity contribution in [3.8, 4) is 5.75 Å². The van der Waals surface area contributed by atoms with E-state index in [-0.39, 0.29) is 12.8 Å². The smallest absolute Gasteiger partial charge is 0.339 e. The topological polar surface area (TPSA) is 106 Å². The summed E-state index contributed by atoms with van der Waals surface area (Å²) in [5.41, 5.74) is 1.89. The Hall–Kier alpha value is -2.83. The second kappa shape index (κ2) is 8.70. The van der Waals surface area contributed by atoms with Crippen molar-refractivity contribution in [2.45, 2.75) is 52.5 Å². The number of amides is 1.